The number of nitrogens with one attached hydrogen (secondary N) is 1. The van der Waals surface area contributed by atoms with Crippen LogP contribution in [0.2, 0.25) is 0 Å². The van der Waals surface area contributed by atoms with Crippen molar-refractivity contribution in [2.45, 2.75) is 6.61 Å². The monoisotopic (exact) mass is 374 g/mol. The van der Waals surface area contributed by atoms with Crippen molar-refractivity contribution >= 4 is 21.6 Å². The Bertz CT molecular complexity index is 834. The number of rotatable bonds is 9. The van der Waals surface area contributed by atoms with Gasteiger partial charge in [0, 0.05) is 6.54 Å². The van der Waals surface area contributed by atoms with E-state index in [1.54, 1.807) is 24.3 Å². The van der Waals surface area contributed by atoms with Gasteiger partial charge in [-0.15, -0.1) is 6.58 Å². The van der Waals surface area contributed by atoms with E-state index in [1.165, 1.54) is 6.08 Å². The van der Waals surface area contributed by atoms with Gasteiger partial charge in [0.25, 0.3) is 0 Å². The van der Waals surface area contributed by atoms with Gasteiger partial charge in [-0.25, -0.2) is 8.42 Å². The number of anilines is 1. The number of benzene rings is 2. The summed E-state index contributed by atoms with van der Waals surface area (Å²) in [4.78, 5) is 11.9. The van der Waals surface area contributed by atoms with Crippen molar-refractivity contribution in [3.63, 3.8) is 0 Å². The molecule has 0 unspecified atom stereocenters. The van der Waals surface area contributed by atoms with E-state index in [4.69, 9.17) is 4.74 Å². The van der Waals surface area contributed by atoms with Crippen molar-refractivity contribution in [3.05, 3.63) is 72.8 Å². The van der Waals surface area contributed by atoms with E-state index in [-0.39, 0.29) is 13.1 Å². The molecule has 0 aliphatic rings. The molecule has 0 saturated carbocycles. The minimum atomic E-state index is -3.60. The maximum atomic E-state index is 12.0. The molecule has 1 amide bonds. The fourth-order valence-corrected chi connectivity index (χ4v) is 3.08. The average Bonchev–Trinajstić information content (AvgIpc) is 2.63. The first-order chi connectivity index (χ1) is 12.4. The summed E-state index contributed by atoms with van der Waals surface area (Å²) in [6.07, 6.45) is 2.59. The fourth-order valence-electron chi connectivity index (χ4n) is 2.22. The van der Waals surface area contributed by atoms with Gasteiger partial charge in [-0.2, -0.15) is 0 Å². The van der Waals surface area contributed by atoms with Gasteiger partial charge in [-0.05, 0) is 29.8 Å². The second-order valence-corrected chi connectivity index (χ2v) is 7.54. The lowest BCUT2D eigenvalue weighted by Gasteiger charge is -2.22. The van der Waals surface area contributed by atoms with Crippen LogP contribution in [0.5, 0.6) is 5.75 Å². The van der Waals surface area contributed by atoms with Crippen LogP contribution in [0, 0.1) is 0 Å². The molecule has 1 N–H and O–H groups in total. The summed E-state index contributed by atoms with van der Waals surface area (Å²) >= 11 is 0. The van der Waals surface area contributed by atoms with Crippen LogP contribution in [0.25, 0.3) is 0 Å². The second kappa shape index (κ2) is 9.05. The Morgan fingerprint density at radius 2 is 1.81 bits per heavy atom. The third kappa shape index (κ3) is 5.93. The molecule has 0 aromatic heterocycles. The van der Waals surface area contributed by atoms with E-state index in [1.807, 2.05) is 30.3 Å². The third-order valence-electron chi connectivity index (χ3n) is 3.50. The highest BCUT2D eigenvalue weighted by Gasteiger charge is 2.20. The van der Waals surface area contributed by atoms with Crippen molar-refractivity contribution < 1.29 is 17.9 Å². The average molecular weight is 374 g/mol. The van der Waals surface area contributed by atoms with E-state index in [9.17, 15) is 13.2 Å². The van der Waals surface area contributed by atoms with Gasteiger partial charge >= 0.3 is 0 Å². The largest absolute Gasteiger partial charge is 0.489 e. The molecular formula is C19H22N2O4S. The highest BCUT2D eigenvalue weighted by Crippen LogP contribution is 2.22. The number of hydrogen-bond acceptors (Lipinski definition) is 4. The minimum Gasteiger partial charge on any atom is -0.489 e. The van der Waals surface area contributed by atoms with Gasteiger partial charge in [0.1, 0.15) is 18.9 Å². The van der Waals surface area contributed by atoms with Gasteiger partial charge in [-0.3, -0.25) is 9.10 Å². The van der Waals surface area contributed by atoms with Crippen LogP contribution in [0.3, 0.4) is 0 Å². The topological polar surface area (TPSA) is 75.7 Å². The number of hydrogen-bond donors (Lipinski definition) is 1. The Balaban J connectivity index is 2.06. The molecule has 2 aromatic carbocycles. The summed E-state index contributed by atoms with van der Waals surface area (Å²) < 4.78 is 30.8. The summed E-state index contributed by atoms with van der Waals surface area (Å²) in [7, 11) is -3.60. The lowest BCUT2D eigenvalue weighted by molar-refractivity contribution is -0.119. The standard InChI is InChI=1S/C19H22N2O4S/c1-3-13-20-19(22)14-21(26(2,23)24)17-9-11-18(12-10-17)25-15-16-7-5-4-6-8-16/h3-12H,1,13-15H2,2H3,(H,20,22). The molecule has 6 nitrogen and oxygen atoms in total. The summed E-state index contributed by atoms with van der Waals surface area (Å²) in [6.45, 7) is 3.91. The summed E-state index contributed by atoms with van der Waals surface area (Å²) in [6, 6.07) is 16.3. The Morgan fingerprint density at radius 3 is 2.38 bits per heavy atom. The zero-order valence-corrected chi connectivity index (χ0v) is 15.4. The molecular weight excluding hydrogens is 352 g/mol. The molecule has 0 saturated heterocycles. The smallest absolute Gasteiger partial charge is 0.241 e. The number of ether oxygens (including phenoxy) is 1. The Morgan fingerprint density at radius 1 is 1.15 bits per heavy atom. The first-order valence-electron chi connectivity index (χ1n) is 8.02. The molecule has 0 bridgehead atoms. The lowest BCUT2D eigenvalue weighted by atomic mass is 10.2. The Labute approximate surface area is 154 Å². The van der Waals surface area contributed by atoms with Crippen LogP contribution in [-0.4, -0.2) is 33.7 Å². The molecule has 26 heavy (non-hydrogen) atoms. The highest BCUT2D eigenvalue weighted by molar-refractivity contribution is 7.92. The van der Waals surface area contributed by atoms with E-state index >= 15 is 0 Å². The fraction of sp³-hybridized carbons (Fsp3) is 0.211. The van der Waals surface area contributed by atoms with Crippen molar-refractivity contribution in [1.29, 1.82) is 0 Å². The second-order valence-electron chi connectivity index (χ2n) is 5.63. The number of amides is 1. The van der Waals surface area contributed by atoms with Gasteiger partial charge in [0.05, 0.1) is 11.9 Å². The quantitative estimate of drug-likeness (QED) is 0.684. The number of sulfonamides is 1. The van der Waals surface area contributed by atoms with Crippen LogP contribution in [-0.2, 0) is 21.4 Å². The van der Waals surface area contributed by atoms with Gasteiger partial charge < -0.3 is 10.1 Å². The molecule has 0 aliphatic carbocycles. The normalized spacial score (nSPS) is 10.8. The SMILES string of the molecule is C=CCNC(=O)CN(c1ccc(OCc2ccccc2)cc1)S(C)(=O)=O. The maximum Gasteiger partial charge on any atom is 0.241 e. The number of carbonyl (C=O) groups excluding carboxylic acids is 1. The summed E-state index contributed by atoms with van der Waals surface area (Å²) in [5.74, 6) is 0.210. The molecule has 7 heteroatoms. The van der Waals surface area contributed by atoms with Crippen molar-refractivity contribution in [1.82, 2.24) is 5.32 Å². The van der Waals surface area contributed by atoms with Crippen LogP contribution in [0.1, 0.15) is 5.56 Å². The zero-order chi connectivity index (χ0) is 19.0. The van der Waals surface area contributed by atoms with Crippen LogP contribution in [0.4, 0.5) is 5.69 Å². The van der Waals surface area contributed by atoms with E-state index in [2.05, 4.69) is 11.9 Å². The molecule has 0 fully saturated rings. The number of nitrogens with zero attached hydrogens (tertiary/aromatic N) is 1. The first kappa shape index (κ1) is 19.5. The highest BCUT2D eigenvalue weighted by atomic mass is 32.2. The zero-order valence-electron chi connectivity index (χ0n) is 14.6. The van der Waals surface area contributed by atoms with E-state index < -0.39 is 15.9 Å². The third-order valence-corrected chi connectivity index (χ3v) is 4.64. The number of carbonyl (C=O) groups is 1. The minimum absolute atomic E-state index is 0.280. The molecule has 0 heterocycles. The van der Waals surface area contributed by atoms with E-state index in [0.29, 0.717) is 18.0 Å². The predicted octanol–water partition coefficient (Wildman–Crippen LogP) is 2.33. The van der Waals surface area contributed by atoms with Crippen LogP contribution in [0.15, 0.2) is 67.3 Å². The molecule has 2 rings (SSSR count). The predicted molar refractivity (Wildman–Crippen MR) is 103 cm³/mol. The van der Waals surface area contributed by atoms with Crippen molar-refractivity contribution in [3.8, 4) is 5.75 Å². The molecule has 0 spiro atoms. The Kier molecular flexibility index (Phi) is 6.80. The Hall–Kier alpha value is -2.80. The van der Waals surface area contributed by atoms with Crippen LogP contribution < -0.4 is 14.4 Å². The van der Waals surface area contributed by atoms with E-state index in [0.717, 1.165) is 16.1 Å². The van der Waals surface area contributed by atoms with Gasteiger partial charge in [0.2, 0.25) is 15.9 Å². The van der Waals surface area contributed by atoms with Crippen molar-refractivity contribution in [2.24, 2.45) is 0 Å². The van der Waals surface area contributed by atoms with Crippen molar-refractivity contribution in [2.75, 3.05) is 23.7 Å². The van der Waals surface area contributed by atoms with Gasteiger partial charge in [0.15, 0.2) is 0 Å². The maximum absolute atomic E-state index is 12.0. The molecule has 2 aromatic rings. The molecule has 0 aliphatic heterocycles. The summed E-state index contributed by atoms with van der Waals surface area (Å²) in [5.41, 5.74) is 1.43. The molecule has 0 atom stereocenters. The first-order valence-corrected chi connectivity index (χ1v) is 9.87. The van der Waals surface area contributed by atoms with Gasteiger partial charge in [-0.1, -0.05) is 36.4 Å². The lowest BCUT2D eigenvalue weighted by Crippen LogP contribution is -2.40. The van der Waals surface area contributed by atoms with Crippen LogP contribution >= 0.6 is 0 Å². The molecule has 138 valence electrons. The summed E-state index contributed by atoms with van der Waals surface area (Å²) in [5, 5.41) is 2.57. The molecule has 0 radical (unpaired) electrons.